The fraction of sp³-hybridized carbons (Fsp3) is 0.333. The van der Waals surface area contributed by atoms with E-state index in [0.717, 1.165) is 11.1 Å². The highest BCUT2D eigenvalue weighted by Gasteiger charge is 2.20. The van der Waals surface area contributed by atoms with E-state index in [-0.39, 0.29) is 6.79 Å². The molecule has 0 bridgehead atoms. The highest BCUT2D eigenvalue weighted by molar-refractivity contribution is 6.33. The largest absolute Gasteiger partial charge is 0.454 e. The molecule has 0 spiro atoms. The van der Waals surface area contributed by atoms with Crippen molar-refractivity contribution in [2.24, 2.45) is 0 Å². The van der Waals surface area contributed by atoms with Crippen molar-refractivity contribution in [1.82, 2.24) is 5.48 Å². The third-order valence-corrected chi connectivity index (χ3v) is 2.68. The molecule has 0 saturated heterocycles. The fourth-order valence-corrected chi connectivity index (χ4v) is 1.68. The molecule has 0 amide bonds. The van der Waals surface area contributed by atoms with Crippen molar-refractivity contribution in [2.45, 2.75) is 13.5 Å². The minimum atomic E-state index is 0.199. The zero-order chi connectivity index (χ0) is 10.1. The van der Waals surface area contributed by atoms with E-state index >= 15 is 0 Å². The SMILES string of the molecule is Cc1c(CNO)cc2c(c1Cl)OCO2. The minimum Gasteiger partial charge on any atom is -0.454 e. The van der Waals surface area contributed by atoms with Crippen molar-refractivity contribution in [3.05, 3.63) is 22.2 Å². The number of rotatable bonds is 2. The maximum Gasteiger partial charge on any atom is 0.231 e. The number of ether oxygens (including phenoxy) is 2. The lowest BCUT2D eigenvalue weighted by molar-refractivity contribution is 0.161. The van der Waals surface area contributed by atoms with E-state index in [9.17, 15) is 0 Å². The van der Waals surface area contributed by atoms with Crippen LogP contribution in [0.4, 0.5) is 0 Å². The average molecular weight is 216 g/mol. The molecule has 0 radical (unpaired) electrons. The summed E-state index contributed by atoms with van der Waals surface area (Å²) < 4.78 is 10.4. The second-order valence-electron chi connectivity index (χ2n) is 3.04. The molecule has 1 heterocycles. The predicted molar refractivity (Wildman–Crippen MR) is 50.9 cm³/mol. The van der Waals surface area contributed by atoms with Gasteiger partial charge in [0.1, 0.15) is 0 Å². The first-order chi connectivity index (χ1) is 6.74. The summed E-state index contributed by atoms with van der Waals surface area (Å²) in [5.41, 5.74) is 3.87. The van der Waals surface area contributed by atoms with Crippen LogP contribution in [-0.2, 0) is 6.54 Å². The molecule has 4 nitrogen and oxygen atoms in total. The fourth-order valence-electron chi connectivity index (χ4n) is 1.41. The number of hydroxylamine groups is 1. The van der Waals surface area contributed by atoms with Crippen molar-refractivity contribution in [3.63, 3.8) is 0 Å². The summed E-state index contributed by atoms with van der Waals surface area (Å²) in [6, 6.07) is 1.81. The third-order valence-electron chi connectivity index (χ3n) is 2.23. The number of nitrogens with one attached hydrogen (secondary N) is 1. The van der Waals surface area contributed by atoms with E-state index in [1.54, 1.807) is 0 Å². The molecule has 14 heavy (non-hydrogen) atoms. The molecule has 76 valence electrons. The molecular weight excluding hydrogens is 206 g/mol. The van der Waals surface area contributed by atoms with E-state index < -0.39 is 0 Å². The van der Waals surface area contributed by atoms with Gasteiger partial charge in [-0.3, -0.25) is 0 Å². The van der Waals surface area contributed by atoms with E-state index in [2.05, 4.69) is 5.48 Å². The van der Waals surface area contributed by atoms with E-state index in [0.29, 0.717) is 23.1 Å². The standard InChI is InChI=1S/C9H10ClNO3/c1-5-6(3-11-12)2-7-9(8(5)10)14-4-13-7/h2,11-12H,3-4H2,1H3. The van der Waals surface area contributed by atoms with Gasteiger partial charge in [0.25, 0.3) is 0 Å². The summed E-state index contributed by atoms with van der Waals surface area (Å²) in [6.07, 6.45) is 0. The Balaban J connectivity index is 2.49. The third kappa shape index (κ3) is 1.41. The molecule has 0 aliphatic carbocycles. The molecule has 1 aliphatic rings. The first-order valence-electron chi connectivity index (χ1n) is 4.18. The van der Waals surface area contributed by atoms with Gasteiger partial charge in [0.05, 0.1) is 5.02 Å². The maximum atomic E-state index is 8.62. The van der Waals surface area contributed by atoms with Crippen LogP contribution < -0.4 is 15.0 Å². The Hall–Kier alpha value is -0.970. The van der Waals surface area contributed by atoms with Gasteiger partial charge < -0.3 is 14.7 Å². The van der Waals surface area contributed by atoms with Gasteiger partial charge in [0.2, 0.25) is 6.79 Å². The summed E-state index contributed by atoms with van der Waals surface area (Å²) >= 11 is 6.07. The van der Waals surface area contributed by atoms with E-state index in [4.69, 9.17) is 26.3 Å². The minimum absolute atomic E-state index is 0.199. The number of hydrogen-bond donors (Lipinski definition) is 2. The monoisotopic (exact) mass is 215 g/mol. The van der Waals surface area contributed by atoms with Gasteiger partial charge in [-0.2, -0.15) is 0 Å². The van der Waals surface area contributed by atoms with Gasteiger partial charge in [-0.15, -0.1) is 0 Å². The predicted octanol–water partition coefficient (Wildman–Crippen LogP) is 1.86. The summed E-state index contributed by atoms with van der Waals surface area (Å²) in [5.74, 6) is 1.22. The highest BCUT2D eigenvalue weighted by atomic mass is 35.5. The molecule has 1 aromatic carbocycles. The summed E-state index contributed by atoms with van der Waals surface area (Å²) in [5, 5.41) is 9.16. The average Bonchev–Trinajstić information content (AvgIpc) is 2.62. The second kappa shape index (κ2) is 3.65. The van der Waals surface area contributed by atoms with Gasteiger partial charge in [-0.05, 0) is 24.1 Å². The first-order valence-corrected chi connectivity index (χ1v) is 4.56. The van der Waals surface area contributed by atoms with Gasteiger partial charge in [0.15, 0.2) is 11.5 Å². The lowest BCUT2D eigenvalue weighted by Crippen LogP contribution is -2.07. The maximum absolute atomic E-state index is 8.62. The van der Waals surface area contributed by atoms with Crippen LogP contribution in [0.3, 0.4) is 0 Å². The highest BCUT2D eigenvalue weighted by Crippen LogP contribution is 2.42. The molecule has 5 heteroatoms. The van der Waals surface area contributed by atoms with Crippen LogP contribution in [0.25, 0.3) is 0 Å². The normalized spacial score (nSPS) is 13.4. The molecule has 0 atom stereocenters. The molecule has 1 aromatic rings. The number of fused-ring (bicyclic) bond motifs is 1. The molecule has 2 rings (SSSR count). The van der Waals surface area contributed by atoms with Crippen LogP contribution in [-0.4, -0.2) is 12.0 Å². The van der Waals surface area contributed by atoms with Crippen LogP contribution in [0.15, 0.2) is 6.07 Å². The Morgan fingerprint density at radius 3 is 3.07 bits per heavy atom. The van der Waals surface area contributed by atoms with Crippen LogP contribution in [0.1, 0.15) is 11.1 Å². The Labute approximate surface area is 86.3 Å². The Kier molecular flexibility index (Phi) is 2.50. The Bertz CT molecular complexity index is 368. The van der Waals surface area contributed by atoms with Crippen molar-refractivity contribution < 1.29 is 14.7 Å². The van der Waals surface area contributed by atoms with E-state index in [1.165, 1.54) is 0 Å². The molecule has 0 unspecified atom stereocenters. The van der Waals surface area contributed by atoms with Gasteiger partial charge in [-0.1, -0.05) is 11.6 Å². The van der Waals surface area contributed by atoms with Gasteiger partial charge in [-0.25, -0.2) is 5.48 Å². The molecule has 0 fully saturated rings. The second-order valence-corrected chi connectivity index (χ2v) is 3.42. The van der Waals surface area contributed by atoms with Crippen molar-refractivity contribution in [1.29, 1.82) is 0 Å². The van der Waals surface area contributed by atoms with Crippen LogP contribution in [0.2, 0.25) is 5.02 Å². The number of hydrogen-bond acceptors (Lipinski definition) is 4. The van der Waals surface area contributed by atoms with Crippen molar-refractivity contribution in [2.75, 3.05) is 6.79 Å². The smallest absolute Gasteiger partial charge is 0.231 e. The quantitative estimate of drug-likeness (QED) is 0.740. The van der Waals surface area contributed by atoms with Crippen LogP contribution in [0.5, 0.6) is 11.5 Å². The van der Waals surface area contributed by atoms with E-state index in [1.807, 2.05) is 13.0 Å². The Morgan fingerprint density at radius 2 is 2.36 bits per heavy atom. The van der Waals surface area contributed by atoms with Crippen LogP contribution >= 0.6 is 11.6 Å². The van der Waals surface area contributed by atoms with Gasteiger partial charge in [0, 0.05) is 6.54 Å². The van der Waals surface area contributed by atoms with Gasteiger partial charge >= 0.3 is 0 Å². The Morgan fingerprint density at radius 1 is 1.57 bits per heavy atom. The molecule has 2 N–H and O–H groups in total. The topological polar surface area (TPSA) is 50.7 Å². The van der Waals surface area contributed by atoms with Crippen LogP contribution in [0, 0.1) is 6.92 Å². The molecule has 0 aromatic heterocycles. The molecule has 0 saturated carbocycles. The summed E-state index contributed by atoms with van der Waals surface area (Å²) in [4.78, 5) is 0. The zero-order valence-corrected chi connectivity index (χ0v) is 8.39. The summed E-state index contributed by atoms with van der Waals surface area (Å²) in [7, 11) is 0. The lowest BCUT2D eigenvalue weighted by Gasteiger charge is -2.08. The number of benzene rings is 1. The lowest BCUT2D eigenvalue weighted by atomic mass is 10.1. The number of halogens is 1. The molecular formula is C9H10ClNO3. The van der Waals surface area contributed by atoms with Crippen molar-refractivity contribution >= 4 is 11.6 Å². The first kappa shape index (κ1) is 9.58. The zero-order valence-electron chi connectivity index (χ0n) is 7.63. The van der Waals surface area contributed by atoms with Crippen molar-refractivity contribution in [3.8, 4) is 11.5 Å². The summed E-state index contributed by atoms with van der Waals surface area (Å²) in [6.45, 7) is 2.41. The molecule has 1 aliphatic heterocycles.